The van der Waals surface area contributed by atoms with Crippen molar-refractivity contribution in [1.29, 1.82) is 0 Å². The summed E-state index contributed by atoms with van der Waals surface area (Å²) in [5, 5.41) is 9.16. The van der Waals surface area contributed by atoms with Crippen LogP contribution in [0, 0.1) is 24.6 Å². The summed E-state index contributed by atoms with van der Waals surface area (Å²) in [6, 6.07) is 9.62. The number of ether oxygens (including phenoxy) is 1. The molecular weight excluding hydrogens is 291 g/mol. The Balaban J connectivity index is 2.10. The smallest absolute Gasteiger partial charge is 0.123 e. The van der Waals surface area contributed by atoms with Gasteiger partial charge in [-0.25, -0.2) is 4.39 Å². The number of benzene rings is 2. The van der Waals surface area contributed by atoms with E-state index in [2.05, 4.69) is 11.8 Å². The van der Waals surface area contributed by atoms with Crippen molar-refractivity contribution in [2.75, 3.05) is 6.61 Å². The van der Waals surface area contributed by atoms with Crippen molar-refractivity contribution in [3.63, 3.8) is 0 Å². The number of hydrogen-bond acceptors (Lipinski definition) is 2. The van der Waals surface area contributed by atoms with Crippen LogP contribution in [-0.2, 0) is 6.61 Å². The van der Waals surface area contributed by atoms with Gasteiger partial charge in [0.25, 0.3) is 0 Å². The number of rotatable bonds is 3. The normalized spacial score (nSPS) is 9.90. The Morgan fingerprint density at radius 3 is 2.76 bits per heavy atom. The Kier molecular flexibility index (Phi) is 5.21. The molecule has 108 valence electrons. The van der Waals surface area contributed by atoms with Gasteiger partial charge in [-0.1, -0.05) is 23.4 Å². The standard InChI is InChI=1S/C17H14ClFO2/c1-12-9-16(6-4-13(12)3-2-8-20)21-11-14-10-15(19)5-7-17(14)18/h4-7,9-10,20H,8,11H2,1H3. The predicted octanol–water partition coefficient (Wildman–Crippen LogP) is 3.71. The Labute approximate surface area is 128 Å². The first-order valence-corrected chi connectivity index (χ1v) is 6.75. The van der Waals surface area contributed by atoms with Gasteiger partial charge in [0.15, 0.2) is 0 Å². The molecule has 0 radical (unpaired) electrons. The first-order valence-electron chi connectivity index (χ1n) is 6.37. The van der Waals surface area contributed by atoms with E-state index in [9.17, 15) is 4.39 Å². The van der Waals surface area contributed by atoms with Crippen molar-refractivity contribution >= 4 is 11.6 Å². The highest BCUT2D eigenvalue weighted by Crippen LogP contribution is 2.21. The summed E-state index contributed by atoms with van der Waals surface area (Å²) in [7, 11) is 0. The lowest BCUT2D eigenvalue weighted by Crippen LogP contribution is -1.98. The van der Waals surface area contributed by atoms with Gasteiger partial charge in [0.2, 0.25) is 0 Å². The third-order valence-corrected chi connectivity index (χ3v) is 3.27. The zero-order valence-corrected chi connectivity index (χ0v) is 12.2. The highest BCUT2D eigenvalue weighted by atomic mass is 35.5. The van der Waals surface area contributed by atoms with Crippen molar-refractivity contribution < 1.29 is 14.2 Å². The van der Waals surface area contributed by atoms with Crippen LogP contribution in [0.5, 0.6) is 5.75 Å². The number of halogens is 2. The largest absolute Gasteiger partial charge is 0.489 e. The molecule has 0 unspecified atom stereocenters. The molecule has 0 fully saturated rings. The number of aliphatic hydroxyl groups excluding tert-OH is 1. The van der Waals surface area contributed by atoms with Crippen LogP contribution in [0.4, 0.5) is 4.39 Å². The minimum atomic E-state index is -0.344. The van der Waals surface area contributed by atoms with Crippen LogP contribution in [0.1, 0.15) is 16.7 Å². The molecule has 4 heteroatoms. The minimum Gasteiger partial charge on any atom is -0.489 e. The van der Waals surface area contributed by atoms with Gasteiger partial charge in [-0.15, -0.1) is 0 Å². The molecule has 0 aromatic heterocycles. The third kappa shape index (κ3) is 4.22. The summed E-state index contributed by atoms with van der Waals surface area (Å²) < 4.78 is 18.8. The summed E-state index contributed by atoms with van der Waals surface area (Å²) in [6.07, 6.45) is 0. The summed E-state index contributed by atoms with van der Waals surface area (Å²) in [6.45, 7) is 1.93. The van der Waals surface area contributed by atoms with Gasteiger partial charge < -0.3 is 9.84 Å². The quantitative estimate of drug-likeness (QED) is 0.876. The third-order valence-electron chi connectivity index (χ3n) is 2.90. The summed E-state index contributed by atoms with van der Waals surface area (Å²) in [5.74, 6) is 5.77. The van der Waals surface area contributed by atoms with E-state index in [0.29, 0.717) is 16.3 Å². The van der Waals surface area contributed by atoms with Crippen molar-refractivity contribution in [1.82, 2.24) is 0 Å². The van der Waals surface area contributed by atoms with Crippen LogP contribution < -0.4 is 4.74 Å². The minimum absolute atomic E-state index is 0.171. The van der Waals surface area contributed by atoms with Crippen LogP contribution >= 0.6 is 11.6 Å². The molecule has 0 heterocycles. The fourth-order valence-electron chi connectivity index (χ4n) is 1.82. The van der Waals surface area contributed by atoms with E-state index in [-0.39, 0.29) is 19.0 Å². The zero-order valence-electron chi connectivity index (χ0n) is 11.5. The van der Waals surface area contributed by atoms with Gasteiger partial charge in [-0.2, -0.15) is 0 Å². The lowest BCUT2D eigenvalue weighted by atomic mass is 10.1. The van der Waals surface area contributed by atoms with Gasteiger partial charge >= 0.3 is 0 Å². The van der Waals surface area contributed by atoms with Crippen molar-refractivity contribution in [3.05, 3.63) is 63.9 Å². The van der Waals surface area contributed by atoms with E-state index in [4.69, 9.17) is 21.4 Å². The lowest BCUT2D eigenvalue weighted by Gasteiger charge is -2.09. The zero-order chi connectivity index (χ0) is 15.2. The fraction of sp³-hybridized carbons (Fsp3) is 0.176. The van der Waals surface area contributed by atoms with Gasteiger partial charge in [-0.05, 0) is 48.9 Å². The molecule has 2 aromatic rings. The molecule has 0 atom stereocenters. The van der Waals surface area contributed by atoms with Gasteiger partial charge in [0.1, 0.15) is 24.8 Å². The van der Waals surface area contributed by atoms with Crippen LogP contribution in [-0.4, -0.2) is 11.7 Å². The van der Waals surface area contributed by atoms with E-state index in [1.165, 1.54) is 18.2 Å². The maximum atomic E-state index is 13.2. The molecule has 2 nitrogen and oxygen atoms in total. The highest BCUT2D eigenvalue weighted by molar-refractivity contribution is 6.31. The lowest BCUT2D eigenvalue weighted by molar-refractivity contribution is 0.305. The van der Waals surface area contributed by atoms with Crippen LogP contribution in [0.25, 0.3) is 0 Å². The Morgan fingerprint density at radius 1 is 1.24 bits per heavy atom. The number of aryl methyl sites for hydroxylation is 1. The molecule has 0 amide bonds. The van der Waals surface area contributed by atoms with E-state index < -0.39 is 0 Å². The molecule has 0 saturated heterocycles. The first kappa shape index (κ1) is 15.4. The highest BCUT2D eigenvalue weighted by Gasteiger charge is 2.04. The van der Waals surface area contributed by atoms with Crippen LogP contribution in [0.3, 0.4) is 0 Å². The maximum Gasteiger partial charge on any atom is 0.123 e. The fourth-order valence-corrected chi connectivity index (χ4v) is 1.99. The maximum absolute atomic E-state index is 13.2. The SMILES string of the molecule is Cc1cc(OCc2cc(F)ccc2Cl)ccc1C#CCO. The molecule has 0 spiro atoms. The Hall–Kier alpha value is -2.02. The summed E-state index contributed by atoms with van der Waals surface area (Å²) in [4.78, 5) is 0. The summed E-state index contributed by atoms with van der Waals surface area (Å²) >= 11 is 5.99. The topological polar surface area (TPSA) is 29.5 Å². The van der Waals surface area contributed by atoms with Crippen LogP contribution in [0.15, 0.2) is 36.4 Å². The number of hydrogen-bond donors (Lipinski definition) is 1. The van der Waals surface area contributed by atoms with Gasteiger partial charge in [0.05, 0.1) is 0 Å². The van der Waals surface area contributed by atoms with E-state index in [1.807, 2.05) is 19.1 Å². The van der Waals surface area contributed by atoms with Crippen molar-refractivity contribution in [2.24, 2.45) is 0 Å². The molecule has 21 heavy (non-hydrogen) atoms. The van der Waals surface area contributed by atoms with Gasteiger partial charge in [-0.3, -0.25) is 0 Å². The van der Waals surface area contributed by atoms with E-state index in [1.54, 1.807) is 6.07 Å². The van der Waals surface area contributed by atoms with Crippen molar-refractivity contribution in [3.8, 4) is 17.6 Å². The summed E-state index contributed by atoms with van der Waals surface area (Å²) in [5.41, 5.74) is 2.37. The van der Waals surface area contributed by atoms with E-state index in [0.717, 1.165) is 11.1 Å². The molecular formula is C17H14ClFO2. The van der Waals surface area contributed by atoms with Gasteiger partial charge in [0, 0.05) is 16.1 Å². The molecule has 0 saturated carbocycles. The molecule has 0 aliphatic rings. The monoisotopic (exact) mass is 304 g/mol. The first-order chi connectivity index (χ1) is 10.1. The van der Waals surface area contributed by atoms with Crippen LogP contribution in [0.2, 0.25) is 5.02 Å². The molecule has 2 rings (SSSR count). The Bertz CT molecular complexity index is 702. The van der Waals surface area contributed by atoms with E-state index >= 15 is 0 Å². The predicted molar refractivity (Wildman–Crippen MR) is 80.9 cm³/mol. The Morgan fingerprint density at radius 2 is 2.05 bits per heavy atom. The molecule has 2 aromatic carbocycles. The van der Waals surface area contributed by atoms with Crippen molar-refractivity contribution in [2.45, 2.75) is 13.5 Å². The molecule has 0 bridgehead atoms. The second-order valence-corrected chi connectivity index (χ2v) is 4.87. The number of aliphatic hydroxyl groups is 1. The average molecular weight is 305 g/mol. The average Bonchev–Trinajstić information content (AvgIpc) is 2.47. The molecule has 1 N–H and O–H groups in total. The molecule has 0 aliphatic carbocycles. The molecule has 0 aliphatic heterocycles. The second-order valence-electron chi connectivity index (χ2n) is 4.46. The second kappa shape index (κ2) is 7.12.